The fourth-order valence-corrected chi connectivity index (χ4v) is 1.15. The fraction of sp³-hybridized carbons (Fsp3) is 0.900. The molecule has 0 saturated carbocycles. The van der Waals surface area contributed by atoms with Gasteiger partial charge >= 0.3 is 0 Å². The van der Waals surface area contributed by atoms with Gasteiger partial charge < -0.3 is 15.0 Å². The number of carbonyl (C=O) groups is 1. The SMILES string of the molecule is CCC(O)(C=O)CCCC(C)(C)O. The van der Waals surface area contributed by atoms with Crippen LogP contribution in [-0.2, 0) is 4.79 Å². The number of hydrogen-bond donors (Lipinski definition) is 2. The van der Waals surface area contributed by atoms with Gasteiger partial charge in [-0.3, -0.25) is 0 Å². The summed E-state index contributed by atoms with van der Waals surface area (Å²) in [6.45, 7) is 5.22. The second kappa shape index (κ2) is 4.72. The Morgan fingerprint density at radius 1 is 1.23 bits per heavy atom. The summed E-state index contributed by atoms with van der Waals surface area (Å²) in [6.07, 6.45) is 2.71. The van der Waals surface area contributed by atoms with Crippen molar-refractivity contribution in [3.8, 4) is 0 Å². The number of aliphatic hydroxyl groups is 2. The summed E-state index contributed by atoms with van der Waals surface area (Å²) in [5.41, 5.74) is -1.90. The maximum absolute atomic E-state index is 10.5. The summed E-state index contributed by atoms with van der Waals surface area (Å²) in [6, 6.07) is 0. The molecule has 1 atom stereocenters. The smallest absolute Gasteiger partial charge is 0.151 e. The van der Waals surface area contributed by atoms with Crippen molar-refractivity contribution in [2.45, 2.75) is 57.7 Å². The molecule has 78 valence electrons. The average molecular weight is 188 g/mol. The number of hydrogen-bond acceptors (Lipinski definition) is 3. The summed E-state index contributed by atoms with van der Waals surface area (Å²) in [7, 11) is 0. The van der Waals surface area contributed by atoms with Gasteiger partial charge in [-0.25, -0.2) is 0 Å². The number of carbonyl (C=O) groups excluding carboxylic acids is 1. The van der Waals surface area contributed by atoms with Gasteiger partial charge in [0.1, 0.15) is 5.60 Å². The molecule has 2 N–H and O–H groups in total. The molecule has 3 heteroatoms. The van der Waals surface area contributed by atoms with Gasteiger partial charge in [-0.1, -0.05) is 6.92 Å². The Kier molecular flexibility index (Phi) is 4.57. The summed E-state index contributed by atoms with van der Waals surface area (Å²) >= 11 is 0. The molecule has 0 aliphatic carbocycles. The van der Waals surface area contributed by atoms with Gasteiger partial charge in [0.05, 0.1) is 5.60 Å². The highest BCUT2D eigenvalue weighted by Crippen LogP contribution is 2.19. The van der Waals surface area contributed by atoms with E-state index >= 15 is 0 Å². The standard InChI is InChI=1S/C10H20O3/c1-4-10(13,8-11)7-5-6-9(2,3)12/h8,12-13H,4-7H2,1-3H3. The maximum Gasteiger partial charge on any atom is 0.151 e. The fourth-order valence-electron chi connectivity index (χ4n) is 1.15. The lowest BCUT2D eigenvalue weighted by atomic mass is 9.92. The predicted octanol–water partition coefficient (Wildman–Crippen LogP) is 1.27. The van der Waals surface area contributed by atoms with Gasteiger partial charge in [0.25, 0.3) is 0 Å². The summed E-state index contributed by atoms with van der Waals surface area (Å²) in [5.74, 6) is 0. The second-order valence-corrected chi connectivity index (χ2v) is 4.24. The van der Waals surface area contributed by atoms with Crippen molar-refractivity contribution in [1.82, 2.24) is 0 Å². The molecule has 0 aromatic carbocycles. The Balaban J connectivity index is 3.81. The third kappa shape index (κ3) is 5.77. The van der Waals surface area contributed by atoms with Gasteiger partial charge in [-0.05, 0) is 39.5 Å². The van der Waals surface area contributed by atoms with E-state index in [1.165, 1.54) is 0 Å². The van der Waals surface area contributed by atoms with E-state index < -0.39 is 11.2 Å². The van der Waals surface area contributed by atoms with Crippen LogP contribution in [0.2, 0.25) is 0 Å². The molecule has 0 aliphatic heterocycles. The van der Waals surface area contributed by atoms with Gasteiger partial charge in [-0.15, -0.1) is 0 Å². The second-order valence-electron chi connectivity index (χ2n) is 4.24. The maximum atomic E-state index is 10.5. The first-order valence-corrected chi connectivity index (χ1v) is 4.74. The van der Waals surface area contributed by atoms with E-state index in [-0.39, 0.29) is 0 Å². The minimum Gasteiger partial charge on any atom is -0.390 e. The molecule has 0 heterocycles. The molecule has 0 saturated heterocycles. The van der Waals surface area contributed by atoms with Crippen LogP contribution in [0.3, 0.4) is 0 Å². The molecule has 0 fully saturated rings. The lowest BCUT2D eigenvalue weighted by molar-refractivity contribution is -0.125. The van der Waals surface area contributed by atoms with Crippen LogP contribution in [0.25, 0.3) is 0 Å². The van der Waals surface area contributed by atoms with E-state index in [1.807, 2.05) is 0 Å². The molecule has 13 heavy (non-hydrogen) atoms. The van der Waals surface area contributed by atoms with Crippen LogP contribution in [0.4, 0.5) is 0 Å². The first-order chi connectivity index (χ1) is 5.83. The summed E-state index contributed by atoms with van der Waals surface area (Å²) in [4.78, 5) is 10.5. The van der Waals surface area contributed by atoms with Crippen molar-refractivity contribution in [2.24, 2.45) is 0 Å². The molecule has 0 spiro atoms. The quantitative estimate of drug-likeness (QED) is 0.617. The number of rotatable bonds is 6. The Morgan fingerprint density at radius 2 is 1.77 bits per heavy atom. The highest BCUT2D eigenvalue weighted by Gasteiger charge is 2.24. The van der Waals surface area contributed by atoms with Crippen LogP contribution in [0.1, 0.15) is 46.5 Å². The highest BCUT2D eigenvalue weighted by molar-refractivity contribution is 5.61. The van der Waals surface area contributed by atoms with Crippen molar-refractivity contribution < 1.29 is 15.0 Å². The van der Waals surface area contributed by atoms with E-state index in [0.717, 1.165) is 0 Å². The highest BCUT2D eigenvalue weighted by atomic mass is 16.3. The zero-order valence-corrected chi connectivity index (χ0v) is 8.71. The largest absolute Gasteiger partial charge is 0.390 e. The minimum absolute atomic E-state index is 0.428. The summed E-state index contributed by atoms with van der Waals surface area (Å²) < 4.78 is 0. The monoisotopic (exact) mass is 188 g/mol. The Morgan fingerprint density at radius 3 is 2.08 bits per heavy atom. The van der Waals surface area contributed by atoms with Crippen LogP contribution >= 0.6 is 0 Å². The average Bonchev–Trinajstić information content (AvgIpc) is 2.02. The van der Waals surface area contributed by atoms with Gasteiger partial charge in [0.15, 0.2) is 6.29 Å². The predicted molar refractivity (Wildman–Crippen MR) is 51.5 cm³/mol. The van der Waals surface area contributed by atoms with Crippen molar-refractivity contribution in [3.63, 3.8) is 0 Å². The van der Waals surface area contributed by atoms with Crippen LogP contribution < -0.4 is 0 Å². The molecule has 0 aromatic rings. The first kappa shape index (κ1) is 12.6. The molecule has 3 nitrogen and oxygen atoms in total. The lowest BCUT2D eigenvalue weighted by Crippen LogP contribution is -2.30. The molecule has 0 aromatic heterocycles. The molecular formula is C10H20O3. The molecule has 0 rings (SSSR count). The van der Waals surface area contributed by atoms with Gasteiger partial charge in [0.2, 0.25) is 0 Å². The van der Waals surface area contributed by atoms with Crippen LogP contribution in [0.5, 0.6) is 0 Å². The van der Waals surface area contributed by atoms with Crippen LogP contribution in [0, 0.1) is 0 Å². The van der Waals surface area contributed by atoms with E-state index in [2.05, 4.69) is 0 Å². The van der Waals surface area contributed by atoms with Crippen molar-refractivity contribution in [2.75, 3.05) is 0 Å². The van der Waals surface area contributed by atoms with Crippen molar-refractivity contribution in [1.29, 1.82) is 0 Å². The van der Waals surface area contributed by atoms with Crippen molar-refractivity contribution in [3.05, 3.63) is 0 Å². The van der Waals surface area contributed by atoms with E-state index in [0.29, 0.717) is 32.0 Å². The van der Waals surface area contributed by atoms with Gasteiger partial charge in [0, 0.05) is 0 Å². The van der Waals surface area contributed by atoms with Crippen LogP contribution in [-0.4, -0.2) is 27.7 Å². The zero-order chi connectivity index (χ0) is 10.5. The Hall–Kier alpha value is -0.410. The molecule has 0 bridgehead atoms. The Bertz CT molecular complexity index is 160. The lowest BCUT2D eigenvalue weighted by Gasteiger charge is -2.22. The summed E-state index contributed by atoms with van der Waals surface area (Å²) in [5, 5.41) is 19.0. The zero-order valence-electron chi connectivity index (χ0n) is 8.71. The topological polar surface area (TPSA) is 57.5 Å². The van der Waals surface area contributed by atoms with E-state index in [9.17, 15) is 15.0 Å². The minimum atomic E-state index is -1.19. The molecule has 0 amide bonds. The first-order valence-electron chi connectivity index (χ1n) is 4.74. The van der Waals surface area contributed by atoms with Gasteiger partial charge in [-0.2, -0.15) is 0 Å². The van der Waals surface area contributed by atoms with Crippen LogP contribution in [0.15, 0.2) is 0 Å². The normalized spacial score (nSPS) is 16.7. The Labute approximate surface area is 79.8 Å². The van der Waals surface area contributed by atoms with Crippen molar-refractivity contribution >= 4 is 6.29 Å². The molecule has 0 aliphatic rings. The van der Waals surface area contributed by atoms with E-state index in [1.54, 1.807) is 20.8 Å². The number of aldehydes is 1. The van der Waals surface area contributed by atoms with E-state index in [4.69, 9.17) is 0 Å². The molecule has 1 unspecified atom stereocenters. The third-order valence-electron chi connectivity index (χ3n) is 2.23. The third-order valence-corrected chi connectivity index (χ3v) is 2.23. The molecule has 0 radical (unpaired) electrons. The molecular weight excluding hydrogens is 168 g/mol.